The van der Waals surface area contributed by atoms with Crippen LogP contribution < -0.4 is 0 Å². The Kier molecular flexibility index (Phi) is 5.63. The van der Waals surface area contributed by atoms with E-state index in [9.17, 15) is 4.79 Å². The van der Waals surface area contributed by atoms with Gasteiger partial charge >= 0.3 is 0 Å². The maximum atomic E-state index is 12.6. The number of amides is 1. The van der Waals surface area contributed by atoms with Gasteiger partial charge in [0.05, 0.1) is 11.5 Å². The number of thiophene rings is 1. The van der Waals surface area contributed by atoms with Crippen molar-refractivity contribution < 1.29 is 9.53 Å². The summed E-state index contributed by atoms with van der Waals surface area (Å²) in [5.74, 6) is 1.50. The summed E-state index contributed by atoms with van der Waals surface area (Å²) in [5.41, 5.74) is 0.330. The van der Waals surface area contributed by atoms with Crippen molar-refractivity contribution in [3.63, 3.8) is 0 Å². The van der Waals surface area contributed by atoms with E-state index in [-0.39, 0.29) is 5.91 Å². The van der Waals surface area contributed by atoms with Crippen LogP contribution in [0.15, 0.2) is 17.5 Å². The minimum Gasteiger partial charge on any atom is -0.384 e. The molecule has 0 bridgehead atoms. The SMILES string of the molecule is COCC1CN(CC(C)C)CC12CCN(C(=O)c1cccs1)CC2. The van der Waals surface area contributed by atoms with E-state index in [0.29, 0.717) is 17.3 Å². The average molecular weight is 351 g/mol. The highest BCUT2D eigenvalue weighted by Gasteiger charge is 2.48. The lowest BCUT2D eigenvalue weighted by Crippen LogP contribution is -2.47. The molecule has 2 saturated heterocycles. The number of methoxy groups -OCH3 is 1. The summed E-state index contributed by atoms with van der Waals surface area (Å²) in [6.45, 7) is 10.7. The van der Waals surface area contributed by atoms with Crippen LogP contribution in [0.4, 0.5) is 0 Å². The second kappa shape index (κ2) is 7.54. The molecule has 1 spiro atoms. The third-order valence-electron chi connectivity index (χ3n) is 5.65. The Balaban J connectivity index is 1.64. The van der Waals surface area contributed by atoms with Crippen LogP contribution in [0.25, 0.3) is 0 Å². The van der Waals surface area contributed by atoms with Crippen LogP contribution in [0.2, 0.25) is 0 Å². The van der Waals surface area contributed by atoms with Gasteiger partial charge in [0.15, 0.2) is 0 Å². The Morgan fingerprint density at radius 3 is 2.75 bits per heavy atom. The van der Waals surface area contributed by atoms with Crippen molar-refractivity contribution in [1.29, 1.82) is 0 Å². The number of carbonyl (C=O) groups excluding carboxylic acids is 1. The van der Waals surface area contributed by atoms with Gasteiger partial charge in [0.2, 0.25) is 0 Å². The molecule has 24 heavy (non-hydrogen) atoms. The number of likely N-dealkylation sites (tertiary alicyclic amines) is 2. The van der Waals surface area contributed by atoms with E-state index >= 15 is 0 Å². The molecule has 0 N–H and O–H groups in total. The molecular formula is C19H30N2O2S. The van der Waals surface area contributed by atoms with Crippen molar-refractivity contribution >= 4 is 17.2 Å². The molecule has 0 radical (unpaired) electrons. The predicted octanol–water partition coefficient (Wildman–Crippen LogP) is 3.20. The van der Waals surface area contributed by atoms with Gasteiger partial charge in [0, 0.05) is 45.8 Å². The molecular weight excluding hydrogens is 320 g/mol. The highest BCUT2D eigenvalue weighted by atomic mass is 32.1. The first kappa shape index (κ1) is 17.9. The second-order valence-corrected chi connectivity index (χ2v) is 8.82. The summed E-state index contributed by atoms with van der Waals surface area (Å²) >= 11 is 1.54. The monoisotopic (exact) mass is 350 g/mol. The highest BCUT2D eigenvalue weighted by molar-refractivity contribution is 7.12. The Labute approximate surface area is 149 Å². The minimum absolute atomic E-state index is 0.208. The fraction of sp³-hybridized carbons (Fsp3) is 0.737. The fourth-order valence-corrected chi connectivity index (χ4v) is 5.20. The summed E-state index contributed by atoms with van der Waals surface area (Å²) in [6.07, 6.45) is 2.21. The van der Waals surface area contributed by atoms with Crippen LogP contribution in [-0.4, -0.2) is 62.1 Å². The number of hydrogen-bond donors (Lipinski definition) is 0. The molecule has 2 aliphatic heterocycles. The zero-order valence-corrected chi connectivity index (χ0v) is 16.0. The smallest absolute Gasteiger partial charge is 0.263 e. The number of ether oxygens (including phenoxy) is 1. The summed E-state index contributed by atoms with van der Waals surface area (Å²) in [4.78, 5) is 18.1. The molecule has 2 aliphatic rings. The zero-order valence-electron chi connectivity index (χ0n) is 15.2. The van der Waals surface area contributed by atoms with Crippen molar-refractivity contribution in [3.8, 4) is 0 Å². The van der Waals surface area contributed by atoms with Crippen LogP contribution in [0, 0.1) is 17.3 Å². The van der Waals surface area contributed by atoms with Crippen LogP contribution >= 0.6 is 11.3 Å². The summed E-state index contributed by atoms with van der Waals surface area (Å²) < 4.78 is 5.53. The number of hydrogen-bond acceptors (Lipinski definition) is 4. The predicted molar refractivity (Wildman–Crippen MR) is 98.5 cm³/mol. The third kappa shape index (κ3) is 3.68. The molecule has 1 aromatic heterocycles. The average Bonchev–Trinajstić information content (AvgIpc) is 3.17. The van der Waals surface area contributed by atoms with Gasteiger partial charge in [-0.3, -0.25) is 4.79 Å². The molecule has 0 aliphatic carbocycles. The van der Waals surface area contributed by atoms with Gasteiger partial charge < -0.3 is 14.5 Å². The first-order valence-corrected chi connectivity index (χ1v) is 9.96. The van der Waals surface area contributed by atoms with Gasteiger partial charge in [-0.05, 0) is 35.6 Å². The van der Waals surface area contributed by atoms with Gasteiger partial charge in [-0.25, -0.2) is 0 Å². The topological polar surface area (TPSA) is 32.8 Å². The molecule has 1 aromatic rings. The molecule has 3 rings (SSSR count). The maximum Gasteiger partial charge on any atom is 0.263 e. The van der Waals surface area contributed by atoms with Gasteiger partial charge in [-0.1, -0.05) is 19.9 Å². The number of rotatable bonds is 5. The van der Waals surface area contributed by atoms with E-state index in [1.54, 1.807) is 11.3 Å². The van der Waals surface area contributed by atoms with E-state index < -0.39 is 0 Å². The lowest BCUT2D eigenvalue weighted by Gasteiger charge is -2.42. The van der Waals surface area contributed by atoms with E-state index in [4.69, 9.17) is 4.74 Å². The van der Waals surface area contributed by atoms with Gasteiger partial charge in [-0.15, -0.1) is 11.3 Å². The van der Waals surface area contributed by atoms with Crippen molar-refractivity contribution in [2.45, 2.75) is 26.7 Å². The molecule has 1 atom stereocenters. The molecule has 5 heteroatoms. The first-order chi connectivity index (χ1) is 11.5. The van der Waals surface area contributed by atoms with Crippen LogP contribution in [0.3, 0.4) is 0 Å². The van der Waals surface area contributed by atoms with Crippen LogP contribution in [0.1, 0.15) is 36.4 Å². The molecule has 3 heterocycles. The number of nitrogens with zero attached hydrogens (tertiary/aromatic N) is 2. The molecule has 1 unspecified atom stereocenters. The Hall–Kier alpha value is -0.910. The third-order valence-corrected chi connectivity index (χ3v) is 6.51. The molecule has 0 saturated carbocycles. The maximum absolute atomic E-state index is 12.6. The van der Waals surface area contributed by atoms with Crippen LogP contribution in [-0.2, 0) is 4.74 Å². The Bertz CT molecular complexity index is 536. The highest BCUT2D eigenvalue weighted by Crippen LogP contribution is 2.45. The van der Waals surface area contributed by atoms with Crippen molar-refractivity contribution in [2.24, 2.45) is 17.3 Å². The summed E-state index contributed by atoms with van der Waals surface area (Å²) in [5, 5.41) is 1.98. The van der Waals surface area contributed by atoms with Crippen LogP contribution in [0.5, 0.6) is 0 Å². The Morgan fingerprint density at radius 2 is 2.17 bits per heavy atom. The quantitative estimate of drug-likeness (QED) is 0.817. The molecule has 2 fully saturated rings. The molecule has 4 nitrogen and oxygen atoms in total. The first-order valence-electron chi connectivity index (χ1n) is 9.08. The van der Waals surface area contributed by atoms with Crippen molar-refractivity contribution in [2.75, 3.05) is 46.4 Å². The van der Waals surface area contributed by atoms with E-state index in [2.05, 4.69) is 18.7 Å². The number of piperidine rings is 1. The standard InChI is InChI=1S/C19H30N2O2S/c1-15(2)11-20-12-16(13-23-3)19(14-20)6-8-21(9-7-19)18(22)17-5-4-10-24-17/h4-5,10,15-16H,6-9,11-14H2,1-3H3. The fourth-order valence-electron chi connectivity index (χ4n) is 4.51. The van der Waals surface area contributed by atoms with Gasteiger partial charge in [-0.2, -0.15) is 0 Å². The minimum atomic E-state index is 0.208. The normalized spacial score (nSPS) is 24.2. The molecule has 1 amide bonds. The Morgan fingerprint density at radius 1 is 1.42 bits per heavy atom. The van der Waals surface area contributed by atoms with Gasteiger partial charge in [0.25, 0.3) is 5.91 Å². The summed E-state index contributed by atoms with van der Waals surface area (Å²) in [6, 6.07) is 3.89. The zero-order chi connectivity index (χ0) is 17.2. The van der Waals surface area contributed by atoms with Crippen molar-refractivity contribution in [3.05, 3.63) is 22.4 Å². The lowest BCUT2D eigenvalue weighted by atomic mass is 9.71. The lowest BCUT2D eigenvalue weighted by molar-refractivity contribution is 0.0325. The second-order valence-electron chi connectivity index (χ2n) is 7.87. The van der Waals surface area contributed by atoms with E-state index in [1.165, 1.54) is 13.1 Å². The molecule has 134 valence electrons. The molecule has 0 aromatic carbocycles. The summed E-state index contributed by atoms with van der Waals surface area (Å²) in [7, 11) is 1.81. The van der Waals surface area contributed by atoms with Crippen molar-refractivity contribution in [1.82, 2.24) is 9.80 Å². The number of carbonyl (C=O) groups is 1. The van der Waals surface area contributed by atoms with E-state index in [1.807, 2.05) is 29.5 Å². The van der Waals surface area contributed by atoms with E-state index in [0.717, 1.165) is 44.0 Å². The van der Waals surface area contributed by atoms with Gasteiger partial charge in [0.1, 0.15) is 0 Å². The largest absolute Gasteiger partial charge is 0.384 e.